The molecule has 1 heterocycles. The van der Waals surface area contributed by atoms with Crippen LogP contribution in [0.3, 0.4) is 0 Å². The standard InChI is InChI=1S/C7H8BF3NO.K/c1-5-3-6(8(9,10)11)4-7(12-5)13-2;/h3-4H,1-2H3;/q-1;+1. The molecule has 0 spiro atoms. The zero-order valence-electron chi connectivity index (χ0n) is 8.22. The van der Waals surface area contributed by atoms with Gasteiger partial charge in [-0.2, -0.15) is 0 Å². The molecule has 0 amide bonds. The number of pyridine rings is 1. The van der Waals surface area contributed by atoms with Crippen molar-refractivity contribution in [3.05, 3.63) is 17.8 Å². The van der Waals surface area contributed by atoms with Gasteiger partial charge in [-0.25, -0.2) is 4.98 Å². The predicted molar refractivity (Wildman–Crippen MR) is 44.2 cm³/mol. The summed E-state index contributed by atoms with van der Waals surface area (Å²) < 4.78 is 41.4. The summed E-state index contributed by atoms with van der Waals surface area (Å²) in [4.78, 5) is 3.75. The van der Waals surface area contributed by atoms with E-state index in [0.717, 1.165) is 12.1 Å². The van der Waals surface area contributed by atoms with Crippen molar-refractivity contribution in [2.24, 2.45) is 0 Å². The van der Waals surface area contributed by atoms with Crippen LogP contribution in [0, 0.1) is 6.92 Å². The van der Waals surface area contributed by atoms with Gasteiger partial charge in [-0.1, -0.05) is 6.07 Å². The van der Waals surface area contributed by atoms with Crippen LogP contribution in [-0.2, 0) is 0 Å². The van der Waals surface area contributed by atoms with Crippen molar-refractivity contribution in [1.29, 1.82) is 0 Å². The van der Waals surface area contributed by atoms with Crippen LogP contribution in [0.25, 0.3) is 0 Å². The van der Waals surface area contributed by atoms with Crippen LogP contribution in [0.2, 0.25) is 0 Å². The van der Waals surface area contributed by atoms with Crippen molar-refractivity contribution >= 4 is 12.4 Å². The molecule has 7 heteroatoms. The van der Waals surface area contributed by atoms with Crippen molar-refractivity contribution < 1.29 is 69.1 Å². The Morgan fingerprint density at radius 3 is 2.29 bits per heavy atom. The molecule has 0 aromatic carbocycles. The molecular formula is C7H8BF3KNO. The van der Waals surface area contributed by atoms with E-state index in [0.29, 0.717) is 5.69 Å². The van der Waals surface area contributed by atoms with E-state index in [4.69, 9.17) is 0 Å². The van der Waals surface area contributed by atoms with Crippen LogP contribution < -0.4 is 61.6 Å². The van der Waals surface area contributed by atoms with Crippen LogP contribution in [0.1, 0.15) is 5.69 Å². The first-order valence-corrected chi connectivity index (χ1v) is 3.66. The Morgan fingerprint density at radius 1 is 1.29 bits per heavy atom. The number of aromatic nitrogens is 1. The molecule has 0 atom stereocenters. The molecule has 0 fully saturated rings. The Bertz CT molecular complexity index is 318. The van der Waals surface area contributed by atoms with Gasteiger partial charge in [-0.3, -0.25) is 0 Å². The topological polar surface area (TPSA) is 22.1 Å². The third-order valence-corrected chi connectivity index (χ3v) is 1.54. The van der Waals surface area contributed by atoms with Crippen LogP contribution >= 0.6 is 0 Å². The number of hydrogen-bond donors (Lipinski definition) is 0. The largest absolute Gasteiger partial charge is 1.00 e. The average Bonchev–Trinajstić information content (AvgIpc) is 2.01. The van der Waals surface area contributed by atoms with E-state index < -0.39 is 12.4 Å². The minimum absolute atomic E-state index is 0. The van der Waals surface area contributed by atoms with E-state index in [1.54, 1.807) is 0 Å². The Morgan fingerprint density at radius 2 is 1.86 bits per heavy atom. The monoisotopic (exact) mass is 229 g/mol. The van der Waals surface area contributed by atoms with Gasteiger partial charge in [0.15, 0.2) is 0 Å². The summed E-state index contributed by atoms with van der Waals surface area (Å²) in [6.45, 7) is -3.48. The summed E-state index contributed by atoms with van der Waals surface area (Å²) in [6.07, 6.45) is 0. The Kier molecular flexibility index (Phi) is 5.68. The fraction of sp³-hybridized carbons (Fsp3) is 0.286. The van der Waals surface area contributed by atoms with Crippen molar-refractivity contribution in [2.45, 2.75) is 6.92 Å². The van der Waals surface area contributed by atoms with E-state index >= 15 is 0 Å². The molecule has 0 saturated heterocycles. The van der Waals surface area contributed by atoms with Crippen LogP contribution in [0.4, 0.5) is 12.9 Å². The van der Waals surface area contributed by atoms with Crippen LogP contribution in [-0.4, -0.2) is 19.1 Å². The van der Waals surface area contributed by atoms with Gasteiger partial charge in [0.25, 0.3) is 0 Å². The molecule has 0 radical (unpaired) electrons. The van der Waals surface area contributed by atoms with Gasteiger partial charge < -0.3 is 17.7 Å². The molecule has 0 unspecified atom stereocenters. The van der Waals surface area contributed by atoms with Crippen molar-refractivity contribution in [1.82, 2.24) is 4.98 Å². The molecule has 0 saturated carbocycles. The van der Waals surface area contributed by atoms with E-state index in [-0.39, 0.29) is 57.3 Å². The number of ether oxygens (including phenoxy) is 1. The Labute approximate surface area is 123 Å². The molecule has 1 aromatic heterocycles. The number of halogens is 3. The molecule has 2 nitrogen and oxygen atoms in total. The molecule has 1 aromatic rings. The van der Waals surface area contributed by atoms with E-state index in [1.807, 2.05) is 0 Å². The first-order chi connectivity index (χ1) is 5.93. The molecule has 0 aliphatic heterocycles. The second-order valence-corrected chi connectivity index (χ2v) is 2.66. The van der Waals surface area contributed by atoms with Crippen LogP contribution in [0.5, 0.6) is 5.88 Å². The fourth-order valence-electron chi connectivity index (χ4n) is 0.957. The molecule has 0 bridgehead atoms. The van der Waals surface area contributed by atoms with Crippen LogP contribution in [0.15, 0.2) is 12.1 Å². The molecule has 0 aliphatic rings. The first kappa shape index (κ1) is 14.4. The number of nitrogens with zero attached hydrogens (tertiary/aromatic N) is 1. The van der Waals surface area contributed by atoms with Gasteiger partial charge in [0, 0.05) is 5.69 Å². The van der Waals surface area contributed by atoms with Crippen molar-refractivity contribution in [3.8, 4) is 5.88 Å². The summed E-state index contributed by atoms with van der Waals surface area (Å²) in [5.41, 5.74) is -0.377. The van der Waals surface area contributed by atoms with E-state index in [2.05, 4.69) is 9.72 Å². The van der Waals surface area contributed by atoms with Gasteiger partial charge in [-0.05, 0) is 13.0 Å². The Hall–Kier alpha value is 0.441. The third kappa shape index (κ3) is 3.90. The molecule has 0 aliphatic carbocycles. The molecular weight excluding hydrogens is 221 g/mol. The maximum Gasteiger partial charge on any atom is 1.00 e. The van der Waals surface area contributed by atoms with E-state index in [1.165, 1.54) is 14.0 Å². The normalized spacial score (nSPS) is 10.6. The first-order valence-electron chi connectivity index (χ1n) is 3.66. The van der Waals surface area contributed by atoms with Crippen molar-refractivity contribution in [2.75, 3.05) is 7.11 Å². The minimum Gasteiger partial charge on any atom is -0.481 e. The molecule has 72 valence electrons. The van der Waals surface area contributed by atoms with Crippen molar-refractivity contribution in [3.63, 3.8) is 0 Å². The Balaban J connectivity index is 0.00000169. The molecule has 0 N–H and O–H groups in total. The maximum absolute atomic E-state index is 12.3. The third-order valence-electron chi connectivity index (χ3n) is 1.54. The predicted octanol–water partition coefficient (Wildman–Crippen LogP) is -1.54. The molecule has 14 heavy (non-hydrogen) atoms. The summed E-state index contributed by atoms with van der Waals surface area (Å²) in [5.74, 6) is -0.00537. The van der Waals surface area contributed by atoms with Gasteiger partial charge in [0.1, 0.15) is 0 Å². The maximum atomic E-state index is 12.3. The number of aryl methyl sites for hydroxylation is 1. The summed E-state index contributed by atoms with van der Waals surface area (Å²) in [5, 5.41) is 0. The second kappa shape index (κ2) is 5.50. The average molecular weight is 229 g/mol. The SMILES string of the molecule is COc1cc([B-](F)(F)F)cc(C)n1.[K+]. The zero-order valence-corrected chi connectivity index (χ0v) is 11.3. The number of methoxy groups -OCH3 is 1. The van der Waals surface area contributed by atoms with E-state index in [9.17, 15) is 12.9 Å². The zero-order chi connectivity index (χ0) is 10.1. The molecule has 1 rings (SSSR count). The minimum atomic E-state index is -4.97. The quantitative estimate of drug-likeness (QED) is 0.573. The summed E-state index contributed by atoms with van der Waals surface area (Å²) >= 11 is 0. The van der Waals surface area contributed by atoms with Gasteiger partial charge >= 0.3 is 58.4 Å². The van der Waals surface area contributed by atoms with Gasteiger partial charge in [0.05, 0.1) is 7.11 Å². The number of rotatable bonds is 2. The smallest absolute Gasteiger partial charge is 0.481 e. The fourth-order valence-corrected chi connectivity index (χ4v) is 0.957. The van der Waals surface area contributed by atoms with Gasteiger partial charge in [0.2, 0.25) is 5.88 Å². The second-order valence-electron chi connectivity index (χ2n) is 2.66. The van der Waals surface area contributed by atoms with Gasteiger partial charge in [-0.15, -0.1) is 5.46 Å². The number of hydrogen-bond acceptors (Lipinski definition) is 2. The summed E-state index contributed by atoms with van der Waals surface area (Å²) in [7, 11) is 1.29. The summed E-state index contributed by atoms with van der Waals surface area (Å²) in [6, 6.07) is 1.90.